The minimum absolute atomic E-state index is 0.0610. The average molecular weight is 319 g/mol. The van der Waals surface area contributed by atoms with Crippen molar-refractivity contribution >= 4 is 5.97 Å². The maximum Gasteiger partial charge on any atom is 0.312 e. The van der Waals surface area contributed by atoms with Crippen LogP contribution in [0.5, 0.6) is 0 Å². The zero-order chi connectivity index (χ0) is 16.7. The Balaban J connectivity index is 1.75. The quantitative estimate of drug-likeness (QED) is 0.548. The fraction of sp³-hybridized carbons (Fsp3) is 0.895. The lowest BCUT2D eigenvalue weighted by molar-refractivity contribution is -0.237. The van der Waals surface area contributed by atoms with Gasteiger partial charge in [-0.1, -0.05) is 6.92 Å². The van der Waals surface area contributed by atoms with E-state index in [0.29, 0.717) is 24.9 Å². The second-order valence-electron chi connectivity index (χ2n) is 8.71. The molecule has 0 radical (unpaired) electrons. The first-order chi connectivity index (χ1) is 10.8. The first kappa shape index (κ1) is 16.8. The van der Waals surface area contributed by atoms with Crippen molar-refractivity contribution in [3.63, 3.8) is 0 Å². The molecule has 0 spiro atoms. The van der Waals surface area contributed by atoms with Gasteiger partial charge in [-0.25, -0.2) is 0 Å². The second-order valence-corrected chi connectivity index (χ2v) is 8.71. The van der Waals surface area contributed by atoms with Gasteiger partial charge >= 0.3 is 5.97 Å². The van der Waals surface area contributed by atoms with Gasteiger partial charge in [-0.2, -0.15) is 5.26 Å². The topological polar surface area (TPSA) is 59.3 Å². The molecule has 0 aliphatic heterocycles. The maximum atomic E-state index is 12.6. The highest BCUT2D eigenvalue weighted by Gasteiger charge is 2.60. The highest BCUT2D eigenvalue weighted by atomic mass is 16.6. The lowest BCUT2D eigenvalue weighted by Gasteiger charge is -2.61. The number of hydrogen-bond acceptors (Lipinski definition) is 4. The van der Waals surface area contributed by atoms with Gasteiger partial charge in [0.05, 0.1) is 30.1 Å². The zero-order valence-electron chi connectivity index (χ0n) is 14.7. The van der Waals surface area contributed by atoms with Crippen molar-refractivity contribution in [2.45, 2.75) is 83.3 Å². The molecule has 0 aromatic carbocycles. The van der Waals surface area contributed by atoms with Crippen molar-refractivity contribution in [2.75, 3.05) is 6.61 Å². The molecule has 2 atom stereocenters. The molecule has 4 fully saturated rings. The van der Waals surface area contributed by atoms with Gasteiger partial charge in [0.25, 0.3) is 0 Å². The number of rotatable bonds is 6. The first-order valence-corrected chi connectivity index (χ1v) is 9.06. The Kier molecular flexibility index (Phi) is 4.21. The number of carbonyl (C=O) groups excluding carboxylic acids is 1. The summed E-state index contributed by atoms with van der Waals surface area (Å²) in [5.74, 6) is 1.15. The first-order valence-electron chi connectivity index (χ1n) is 9.06. The van der Waals surface area contributed by atoms with Gasteiger partial charge in [0.15, 0.2) is 0 Å². The number of nitrogens with zero attached hydrogens (tertiary/aromatic N) is 1. The van der Waals surface area contributed by atoms with E-state index in [9.17, 15) is 4.79 Å². The van der Waals surface area contributed by atoms with Crippen LogP contribution < -0.4 is 0 Å². The number of ether oxygens (including phenoxy) is 2. The summed E-state index contributed by atoms with van der Waals surface area (Å²) < 4.78 is 12.3. The minimum atomic E-state index is -0.418. The second kappa shape index (κ2) is 5.77. The van der Waals surface area contributed by atoms with Gasteiger partial charge < -0.3 is 9.47 Å². The van der Waals surface area contributed by atoms with Crippen LogP contribution in [0.3, 0.4) is 0 Å². The molecule has 0 aromatic heterocycles. The molecule has 23 heavy (non-hydrogen) atoms. The average Bonchev–Trinajstić information content (AvgIpc) is 2.45. The summed E-state index contributed by atoms with van der Waals surface area (Å²) >= 11 is 0. The summed E-state index contributed by atoms with van der Waals surface area (Å²) in [4.78, 5) is 12.6. The standard InChI is InChI=1S/C19H29NO3/c1-4-17(2,3)16(21)23-19-11-14-8-15(12-19)10-18(9-14,13-19)22-7-5-6-20/h14-15H,4-5,7-13H2,1-3H3. The number of hydrogen-bond donors (Lipinski definition) is 0. The Labute approximate surface area is 139 Å². The highest BCUT2D eigenvalue weighted by Crippen LogP contribution is 2.60. The van der Waals surface area contributed by atoms with Gasteiger partial charge in [0, 0.05) is 6.42 Å². The smallest absolute Gasteiger partial charge is 0.312 e. The van der Waals surface area contributed by atoms with Crippen molar-refractivity contribution in [1.29, 1.82) is 5.26 Å². The summed E-state index contributed by atoms with van der Waals surface area (Å²) in [5.41, 5.74) is -0.893. The van der Waals surface area contributed by atoms with Gasteiger partial charge in [0.2, 0.25) is 0 Å². The lowest BCUT2D eigenvalue weighted by atomic mass is 9.52. The molecular weight excluding hydrogens is 290 g/mol. The summed E-state index contributed by atoms with van der Waals surface area (Å²) in [6.45, 7) is 6.47. The van der Waals surface area contributed by atoms with E-state index < -0.39 is 5.41 Å². The maximum absolute atomic E-state index is 12.6. The van der Waals surface area contributed by atoms with E-state index >= 15 is 0 Å². The third kappa shape index (κ3) is 3.13. The van der Waals surface area contributed by atoms with Crippen molar-refractivity contribution in [1.82, 2.24) is 0 Å². The summed E-state index contributed by atoms with van der Waals surface area (Å²) in [6.07, 6.45) is 7.45. The third-order valence-corrected chi connectivity index (χ3v) is 6.32. The zero-order valence-corrected chi connectivity index (χ0v) is 14.7. The van der Waals surface area contributed by atoms with Gasteiger partial charge in [-0.3, -0.25) is 4.79 Å². The molecule has 2 unspecified atom stereocenters. The van der Waals surface area contributed by atoms with E-state index in [0.717, 1.165) is 38.5 Å². The fourth-order valence-corrected chi connectivity index (χ4v) is 5.18. The Hall–Kier alpha value is -1.08. The monoisotopic (exact) mass is 319 g/mol. The normalized spacial score (nSPS) is 38.3. The molecule has 0 amide bonds. The van der Waals surface area contributed by atoms with Crippen LogP contribution in [0.25, 0.3) is 0 Å². The van der Waals surface area contributed by atoms with Crippen LogP contribution in [0, 0.1) is 28.6 Å². The molecule has 0 saturated heterocycles. The van der Waals surface area contributed by atoms with Crippen LogP contribution >= 0.6 is 0 Å². The fourth-order valence-electron chi connectivity index (χ4n) is 5.18. The Morgan fingerprint density at radius 3 is 2.39 bits per heavy atom. The molecular formula is C19H29NO3. The minimum Gasteiger partial charge on any atom is -0.459 e. The Bertz CT molecular complexity index is 505. The van der Waals surface area contributed by atoms with E-state index in [1.54, 1.807) is 0 Å². The molecule has 4 bridgehead atoms. The molecule has 4 aliphatic carbocycles. The van der Waals surface area contributed by atoms with Crippen LogP contribution in [-0.4, -0.2) is 23.8 Å². The molecule has 128 valence electrons. The largest absolute Gasteiger partial charge is 0.459 e. The van der Waals surface area contributed by atoms with E-state index in [2.05, 4.69) is 6.07 Å². The molecule has 4 saturated carbocycles. The SMILES string of the molecule is CCC(C)(C)C(=O)OC12CC3CC(CC(OCCC#N)(C3)C1)C2. The summed E-state index contributed by atoms with van der Waals surface area (Å²) in [7, 11) is 0. The summed E-state index contributed by atoms with van der Waals surface area (Å²) in [5, 5.41) is 8.77. The lowest BCUT2D eigenvalue weighted by Crippen LogP contribution is -2.61. The van der Waals surface area contributed by atoms with Crippen LogP contribution in [0.15, 0.2) is 0 Å². The van der Waals surface area contributed by atoms with Crippen molar-refractivity contribution in [3.05, 3.63) is 0 Å². The number of nitriles is 1. The Morgan fingerprint density at radius 2 is 1.83 bits per heavy atom. The molecule has 0 aromatic rings. The summed E-state index contributed by atoms with van der Waals surface area (Å²) in [6, 6.07) is 2.16. The highest BCUT2D eigenvalue weighted by molar-refractivity contribution is 5.76. The molecule has 0 N–H and O–H groups in total. The van der Waals surface area contributed by atoms with Crippen molar-refractivity contribution < 1.29 is 14.3 Å². The van der Waals surface area contributed by atoms with Crippen LogP contribution in [0.1, 0.15) is 72.1 Å². The van der Waals surface area contributed by atoms with E-state index in [-0.39, 0.29) is 17.2 Å². The molecule has 4 nitrogen and oxygen atoms in total. The Morgan fingerprint density at radius 1 is 1.22 bits per heavy atom. The van der Waals surface area contributed by atoms with Crippen LogP contribution in [-0.2, 0) is 14.3 Å². The number of carbonyl (C=O) groups is 1. The van der Waals surface area contributed by atoms with Gasteiger partial charge in [-0.05, 0) is 64.2 Å². The molecule has 4 aliphatic rings. The van der Waals surface area contributed by atoms with E-state index in [1.165, 1.54) is 6.42 Å². The third-order valence-electron chi connectivity index (χ3n) is 6.32. The van der Waals surface area contributed by atoms with E-state index in [4.69, 9.17) is 14.7 Å². The van der Waals surface area contributed by atoms with Gasteiger partial charge in [0.1, 0.15) is 5.60 Å². The van der Waals surface area contributed by atoms with Crippen molar-refractivity contribution in [2.24, 2.45) is 17.3 Å². The van der Waals surface area contributed by atoms with Crippen LogP contribution in [0.2, 0.25) is 0 Å². The predicted molar refractivity (Wildman–Crippen MR) is 86.5 cm³/mol. The van der Waals surface area contributed by atoms with Crippen LogP contribution in [0.4, 0.5) is 0 Å². The number of esters is 1. The molecule has 0 heterocycles. The molecule has 4 heteroatoms. The molecule has 4 rings (SSSR count). The predicted octanol–water partition coefficient (Wildman–Crippen LogP) is 3.99. The van der Waals surface area contributed by atoms with Gasteiger partial charge in [-0.15, -0.1) is 0 Å². The van der Waals surface area contributed by atoms with Crippen molar-refractivity contribution in [3.8, 4) is 6.07 Å². The van der Waals surface area contributed by atoms with E-state index in [1.807, 2.05) is 20.8 Å².